The molecule has 2 N–H and O–H groups in total. The topological polar surface area (TPSA) is 64.3 Å². The Morgan fingerprint density at radius 3 is 2.81 bits per heavy atom. The highest BCUT2D eigenvalue weighted by Crippen LogP contribution is 2.19. The van der Waals surface area contributed by atoms with Crippen molar-refractivity contribution in [1.82, 2.24) is 9.97 Å². The Morgan fingerprint density at radius 2 is 2.06 bits per heavy atom. The van der Waals surface area contributed by atoms with Crippen molar-refractivity contribution in [1.29, 1.82) is 0 Å². The number of aromatic nitrogens is 2. The molecular weight excluding hydrogens is 204 g/mol. The fourth-order valence-electron chi connectivity index (χ4n) is 1.87. The Balaban J connectivity index is 2.02. The van der Waals surface area contributed by atoms with Crippen LogP contribution in [0, 0.1) is 0 Å². The van der Waals surface area contributed by atoms with E-state index >= 15 is 0 Å². The second-order valence-electron chi connectivity index (χ2n) is 3.90. The summed E-state index contributed by atoms with van der Waals surface area (Å²) in [6.07, 6.45) is 5.35. The summed E-state index contributed by atoms with van der Waals surface area (Å²) in [5.41, 5.74) is 5.38. The van der Waals surface area contributed by atoms with E-state index in [9.17, 15) is 0 Å². The summed E-state index contributed by atoms with van der Waals surface area (Å²) in [7, 11) is 0. The number of nitrogens with two attached hydrogens (primary N) is 1. The molecule has 0 amide bonds. The number of piperidine rings is 1. The number of ether oxygens (including phenoxy) is 1. The van der Waals surface area contributed by atoms with Crippen LogP contribution in [0.3, 0.4) is 0 Å². The number of hydrogen-bond donors (Lipinski definition) is 1. The third kappa shape index (κ3) is 2.82. The molecule has 1 saturated heterocycles. The second-order valence-corrected chi connectivity index (χ2v) is 3.90. The summed E-state index contributed by atoms with van der Waals surface area (Å²) in [5, 5.41) is 0. The zero-order valence-electron chi connectivity index (χ0n) is 9.43. The van der Waals surface area contributed by atoms with Crippen molar-refractivity contribution >= 4 is 5.82 Å². The molecular formula is C11H18N4O. The van der Waals surface area contributed by atoms with Gasteiger partial charge in [-0.25, -0.2) is 9.97 Å². The predicted octanol–water partition coefficient (Wildman–Crippen LogP) is 0.804. The minimum atomic E-state index is 0.496. The van der Waals surface area contributed by atoms with Gasteiger partial charge in [-0.2, -0.15) is 0 Å². The summed E-state index contributed by atoms with van der Waals surface area (Å²) in [5.74, 6) is 1.57. The zero-order valence-corrected chi connectivity index (χ0v) is 9.43. The van der Waals surface area contributed by atoms with E-state index in [2.05, 4.69) is 14.9 Å². The van der Waals surface area contributed by atoms with Gasteiger partial charge in [0.2, 0.25) is 5.88 Å². The van der Waals surface area contributed by atoms with Crippen LogP contribution in [0.4, 0.5) is 5.82 Å². The molecule has 5 heteroatoms. The molecule has 0 saturated carbocycles. The van der Waals surface area contributed by atoms with E-state index in [4.69, 9.17) is 10.5 Å². The Bertz CT molecular complexity index is 326. The van der Waals surface area contributed by atoms with Gasteiger partial charge in [0.1, 0.15) is 18.8 Å². The fourth-order valence-corrected chi connectivity index (χ4v) is 1.87. The highest BCUT2D eigenvalue weighted by molar-refractivity contribution is 5.40. The lowest BCUT2D eigenvalue weighted by Crippen LogP contribution is -2.30. The van der Waals surface area contributed by atoms with Crippen LogP contribution in [0.15, 0.2) is 12.4 Å². The second kappa shape index (κ2) is 5.65. The lowest BCUT2D eigenvalue weighted by Gasteiger charge is -2.27. The van der Waals surface area contributed by atoms with Crippen molar-refractivity contribution in [2.45, 2.75) is 19.3 Å². The Hall–Kier alpha value is -1.36. The van der Waals surface area contributed by atoms with E-state index in [1.165, 1.54) is 19.3 Å². The maximum Gasteiger partial charge on any atom is 0.218 e. The molecule has 0 spiro atoms. The summed E-state index contributed by atoms with van der Waals surface area (Å²) in [6, 6.07) is 1.89. The number of nitrogens with zero attached hydrogens (tertiary/aromatic N) is 3. The quantitative estimate of drug-likeness (QED) is 0.816. The van der Waals surface area contributed by atoms with E-state index in [1.807, 2.05) is 6.07 Å². The Morgan fingerprint density at radius 1 is 1.25 bits per heavy atom. The molecule has 16 heavy (non-hydrogen) atoms. The molecule has 0 radical (unpaired) electrons. The molecule has 88 valence electrons. The average Bonchev–Trinajstić information content (AvgIpc) is 2.38. The summed E-state index contributed by atoms with van der Waals surface area (Å²) in [4.78, 5) is 10.6. The van der Waals surface area contributed by atoms with Crippen molar-refractivity contribution in [3.8, 4) is 5.88 Å². The first-order valence-corrected chi connectivity index (χ1v) is 5.80. The lowest BCUT2D eigenvalue weighted by atomic mass is 10.1. The van der Waals surface area contributed by atoms with Crippen LogP contribution < -0.4 is 15.4 Å². The first-order chi connectivity index (χ1) is 7.90. The summed E-state index contributed by atoms with van der Waals surface area (Å²) in [6.45, 7) is 3.15. The van der Waals surface area contributed by atoms with Gasteiger partial charge in [-0.15, -0.1) is 0 Å². The van der Waals surface area contributed by atoms with E-state index in [0.29, 0.717) is 19.0 Å². The maximum atomic E-state index is 5.38. The van der Waals surface area contributed by atoms with Gasteiger partial charge in [-0.05, 0) is 19.3 Å². The van der Waals surface area contributed by atoms with Gasteiger partial charge in [0.25, 0.3) is 0 Å². The number of rotatable bonds is 4. The minimum absolute atomic E-state index is 0.496. The lowest BCUT2D eigenvalue weighted by molar-refractivity contribution is 0.315. The highest BCUT2D eigenvalue weighted by Gasteiger charge is 2.12. The molecule has 0 bridgehead atoms. The molecule has 2 rings (SSSR count). The molecule has 1 aromatic rings. The molecule has 0 aromatic carbocycles. The molecule has 1 aromatic heterocycles. The first-order valence-electron chi connectivity index (χ1n) is 5.80. The third-order valence-electron chi connectivity index (χ3n) is 2.68. The van der Waals surface area contributed by atoms with Crippen molar-refractivity contribution in [3.05, 3.63) is 12.4 Å². The first kappa shape index (κ1) is 11.1. The van der Waals surface area contributed by atoms with Gasteiger partial charge in [0, 0.05) is 25.7 Å². The fraction of sp³-hybridized carbons (Fsp3) is 0.636. The van der Waals surface area contributed by atoms with E-state index in [-0.39, 0.29) is 0 Å². The van der Waals surface area contributed by atoms with E-state index in [1.54, 1.807) is 6.33 Å². The van der Waals surface area contributed by atoms with Crippen LogP contribution in [-0.4, -0.2) is 36.2 Å². The molecule has 1 aliphatic rings. The van der Waals surface area contributed by atoms with Gasteiger partial charge in [-0.1, -0.05) is 0 Å². The standard InChI is InChI=1S/C11H18N4O/c12-4-7-16-11-8-10(13-9-14-11)15-5-2-1-3-6-15/h8-9H,1-7,12H2. The van der Waals surface area contributed by atoms with Crippen molar-refractivity contribution in [2.75, 3.05) is 31.1 Å². The van der Waals surface area contributed by atoms with Crippen LogP contribution in [0.1, 0.15) is 19.3 Å². The Labute approximate surface area is 95.6 Å². The van der Waals surface area contributed by atoms with E-state index < -0.39 is 0 Å². The highest BCUT2D eigenvalue weighted by atomic mass is 16.5. The van der Waals surface area contributed by atoms with Crippen molar-refractivity contribution in [2.24, 2.45) is 5.73 Å². The summed E-state index contributed by atoms with van der Waals surface area (Å²) >= 11 is 0. The van der Waals surface area contributed by atoms with Gasteiger partial charge in [0.15, 0.2) is 0 Å². The van der Waals surface area contributed by atoms with Crippen molar-refractivity contribution in [3.63, 3.8) is 0 Å². The summed E-state index contributed by atoms with van der Waals surface area (Å²) < 4.78 is 5.38. The molecule has 2 heterocycles. The molecule has 5 nitrogen and oxygen atoms in total. The van der Waals surface area contributed by atoms with Gasteiger partial charge >= 0.3 is 0 Å². The molecule has 1 aliphatic heterocycles. The molecule has 1 fully saturated rings. The normalized spacial score (nSPS) is 16.2. The SMILES string of the molecule is NCCOc1cc(N2CCCCC2)ncn1. The van der Waals surface area contributed by atoms with Crippen LogP contribution in [0.5, 0.6) is 5.88 Å². The number of hydrogen-bond acceptors (Lipinski definition) is 5. The van der Waals surface area contributed by atoms with Crippen LogP contribution in [0.25, 0.3) is 0 Å². The zero-order chi connectivity index (χ0) is 11.2. The minimum Gasteiger partial charge on any atom is -0.476 e. The van der Waals surface area contributed by atoms with Crippen LogP contribution >= 0.6 is 0 Å². The van der Waals surface area contributed by atoms with Crippen LogP contribution in [0.2, 0.25) is 0 Å². The maximum absolute atomic E-state index is 5.38. The molecule has 0 atom stereocenters. The van der Waals surface area contributed by atoms with Gasteiger partial charge in [-0.3, -0.25) is 0 Å². The molecule has 0 unspecified atom stereocenters. The third-order valence-corrected chi connectivity index (χ3v) is 2.68. The van der Waals surface area contributed by atoms with Gasteiger partial charge in [0.05, 0.1) is 0 Å². The monoisotopic (exact) mass is 222 g/mol. The Kier molecular flexibility index (Phi) is 3.93. The average molecular weight is 222 g/mol. The van der Waals surface area contributed by atoms with Gasteiger partial charge < -0.3 is 15.4 Å². The van der Waals surface area contributed by atoms with Crippen LogP contribution in [-0.2, 0) is 0 Å². The predicted molar refractivity (Wildman–Crippen MR) is 62.6 cm³/mol. The van der Waals surface area contributed by atoms with E-state index in [0.717, 1.165) is 18.9 Å². The largest absolute Gasteiger partial charge is 0.476 e. The number of anilines is 1. The molecule has 0 aliphatic carbocycles. The smallest absolute Gasteiger partial charge is 0.218 e. The van der Waals surface area contributed by atoms with Crippen molar-refractivity contribution < 1.29 is 4.74 Å².